The molecule has 4 nitrogen and oxygen atoms in total. The summed E-state index contributed by atoms with van der Waals surface area (Å²) >= 11 is 6.08. The standard InChI is InChI=1S/C13H19ClN2O2S/c1-9-3-4-13(12(14)7-9)19(17,18)16-6-5-11(15)8-10(16)2/h3-4,7,10-11H,5-6,8,15H2,1-2H3. The third kappa shape index (κ3) is 2.94. The first kappa shape index (κ1) is 14.8. The van der Waals surface area contributed by atoms with Crippen molar-refractivity contribution in [2.75, 3.05) is 6.54 Å². The smallest absolute Gasteiger partial charge is 0.244 e. The topological polar surface area (TPSA) is 63.4 Å². The molecule has 1 saturated heterocycles. The Hall–Kier alpha value is -0.620. The van der Waals surface area contributed by atoms with E-state index in [1.165, 1.54) is 4.31 Å². The van der Waals surface area contributed by atoms with E-state index < -0.39 is 10.0 Å². The monoisotopic (exact) mass is 302 g/mol. The second-order valence-electron chi connectivity index (χ2n) is 5.18. The third-order valence-corrected chi connectivity index (χ3v) is 6.03. The molecule has 1 aromatic rings. The lowest BCUT2D eigenvalue weighted by molar-refractivity contribution is 0.247. The van der Waals surface area contributed by atoms with Gasteiger partial charge in [0.15, 0.2) is 0 Å². The number of hydrogen-bond donors (Lipinski definition) is 1. The quantitative estimate of drug-likeness (QED) is 0.910. The fourth-order valence-electron chi connectivity index (χ4n) is 2.49. The van der Waals surface area contributed by atoms with Crippen LogP contribution in [0.25, 0.3) is 0 Å². The molecule has 2 atom stereocenters. The van der Waals surface area contributed by atoms with Crippen LogP contribution in [0.15, 0.2) is 23.1 Å². The Bertz CT molecular complexity index is 574. The summed E-state index contributed by atoms with van der Waals surface area (Å²) in [5.74, 6) is 0. The maximum Gasteiger partial charge on any atom is 0.244 e. The molecule has 0 radical (unpaired) electrons. The molecular formula is C13H19ClN2O2S. The average Bonchev–Trinajstić information content (AvgIpc) is 2.27. The molecule has 0 aromatic heterocycles. The molecule has 6 heteroatoms. The van der Waals surface area contributed by atoms with Gasteiger partial charge in [0, 0.05) is 18.6 Å². The zero-order chi connectivity index (χ0) is 14.2. The summed E-state index contributed by atoms with van der Waals surface area (Å²) in [4.78, 5) is 0.182. The molecule has 1 heterocycles. The molecule has 1 aliphatic heterocycles. The van der Waals surface area contributed by atoms with Gasteiger partial charge in [-0.15, -0.1) is 0 Å². The van der Waals surface area contributed by atoms with Crippen LogP contribution in [0.3, 0.4) is 0 Å². The van der Waals surface area contributed by atoms with E-state index in [9.17, 15) is 8.42 Å². The SMILES string of the molecule is Cc1ccc(S(=O)(=O)N2CCC(N)CC2C)c(Cl)c1. The number of benzene rings is 1. The van der Waals surface area contributed by atoms with Crippen molar-refractivity contribution in [2.24, 2.45) is 5.73 Å². The Kier molecular flexibility index (Phi) is 4.20. The summed E-state index contributed by atoms with van der Waals surface area (Å²) in [7, 11) is -3.54. The van der Waals surface area contributed by atoms with Crippen molar-refractivity contribution >= 4 is 21.6 Å². The van der Waals surface area contributed by atoms with Gasteiger partial charge in [-0.2, -0.15) is 4.31 Å². The lowest BCUT2D eigenvalue weighted by atomic mass is 10.0. The summed E-state index contributed by atoms with van der Waals surface area (Å²) in [5, 5.41) is 0.280. The van der Waals surface area contributed by atoms with Crippen LogP contribution < -0.4 is 5.73 Å². The van der Waals surface area contributed by atoms with Gasteiger partial charge >= 0.3 is 0 Å². The molecule has 2 rings (SSSR count). The van der Waals surface area contributed by atoms with E-state index in [2.05, 4.69) is 0 Å². The van der Waals surface area contributed by atoms with E-state index in [0.717, 1.165) is 5.56 Å². The normalized spacial score (nSPS) is 25.5. The van der Waals surface area contributed by atoms with Crippen LogP contribution in [0.4, 0.5) is 0 Å². The number of hydrogen-bond acceptors (Lipinski definition) is 3. The van der Waals surface area contributed by atoms with E-state index >= 15 is 0 Å². The van der Waals surface area contributed by atoms with Crippen LogP contribution in [0.1, 0.15) is 25.3 Å². The van der Waals surface area contributed by atoms with Crippen molar-refractivity contribution in [2.45, 2.75) is 43.7 Å². The Morgan fingerprint density at radius 3 is 2.68 bits per heavy atom. The summed E-state index contributed by atoms with van der Waals surface area (Å²) in [6.07, 6.45) is 1.37. The van der Waals surface area contributed by atoms with Gasteiger partial charge in [-0.05, 0) is 44.4 Å². The van der Waals surface area contributed by atoms with Crippen molar-refractivity contribution in [1.82, 2.24) is 4.31 Å². The molecule has 1 aliphatic rings. The summed E-state index contributed by atoms with van der Waals surface area (Å²) < 4.78 is 26.8. The molecule has 19 heavy (non-hydrogen) atoms. The van der Waals surface area contributed by atoms with Crippen molar-refractivity contribution in [3.63, 3.8) is 0 Å². The van der Waals surface area contributed by atoms with Crippen LogP contribution >= 0.6 is 11.6 Å². The van der Waals surface area contributed by atoms with Crippen molar-refractivity contribution in [3.8, 4) is 0 Å². The maximum absolute atomic E-state index is 12.6. The molecule has 1 aromatic carbocycles. The van der Waals surface area contributed by atoms with Gasteiger partial charge in [0.25, 0.3) is 0 Å². The Labute approximate surface area is 119 Å². The number of halogens is 1. The number of nitrogens with zero attached hydrogens (tertiary/aromatic N) is 1. The number of piperidine rings is 1. The van der Waals surface area contributed by atoms with Crippen molar-refractivity contribution < 1.29 is 8.42 Å². The molecule has 106 valence electrons. The van der Waals surface area contributed by atoms with Crippen molar-refractivity contribution in [3.05, 3.63) is 28.8 Å². The molecule has 1 fully saturated rings. The highest BCUT2D eigenvalue weighted by atomic mass is 35.5. The van der Waals surface area contributed by atoms with Gasteiger partial charge in [0.2, 0.25) is 10.0 Å². The highest BCUT2D eigenvalue weighted by Gasteiger charge is 2.34. The molecular weight excluding hydrogens is 284 g/mol. The third-order valence-electron chi connectivity index (χ3n) is 3.53. The van der Waals surface area contributed by atoms with E-state index in [0.29, 0.717) is 19.4 Å². The molecule has 0 saturated carbocycles. The van der Waals surface area contributed by atoms with Crippen LogP contribution in [0, 0.1) is 6.92 Å². The fraction of sp³-hybridized carbons (Fsp3) is 0.538. The van der Waals surface area contributed by atoms with Crippen molar-refractivity contribution in [1.29, 1.82) is 0 Å². The predicted molar refractivity (Wildman–Crippen MR) is 76.8 cm³/mol. The van der Waals surface area contributed by atoms with E-state index in [4.69, 9.17) is 17.3 Å². The van der Waals surface area contributed by atoms with Crippen LogP contribution in [0.5, 0.6) is 0 Å². The lowest BCUT2D eigenvalue weighted by Crippen LogP contribution is -2.48. The van der Waals surface area contributed by atoms with Gasteiger partial charge in [-0.3, -0.25) is 0 Å². The highest BCUT2D eigenvalue weighted by Crippen LogP contribution is 2.29. The van der Waals surface area contributed by atoms with Gasteiger partial charge in [-0.1, -0.05) is 17.7 Å². The van der Waals surface area contributed by atoms with Gasteiger partial charge < -0.3 is 5.73 Å². The number of nitrogens with two attached hydrogens (primary N) is 1. The second-order valence-corrected chi connectivity index (χ2v) is 7.45. The van der Waals surface area contributed by atoms with Crippen LogP contribution in [-0.2, 0) is 10.0 Å². The van der Waals surface area contributed by atoms with Gasteiger partial charge in [0.05, 0.1) is 5.02 Å². The first-order valence-electron chi connectivity index (χ1n) is 6.36. The zero-order valence-corrected chi connectivity index (χ0v) is 12.7. The number of rotatable bonds is 2. The minimum absolute atomic E-state index is 0.0786. The summed E-state index contributed by atoms with van der Waals surface area (Å²) in [5.41, 5.74) is 6.81. The van der Waals surface area contributed by atoms with E-state index in [-0.39, 0.29) is 22.0 Å². The first-order valence-corrected chi connectivity index (χ1v) is 8.17. The minimum Gasteiger partial charge on any atom is -0.328 e. The first-order chi connectivity index (χ1) is 8.82. The van der Waals surface area contributed by atoms with Crippen LogP contribution in [-0.4, -0.2) is 31.4 Å². The highest BCUT2D eigenvalue weighted by molar-refractivity contribution is 7.89. The average molecular weight is 303 g/mol. The number of aryl methyl sites for hydroxylation is 1. The van der Waals surface area contributed by atoms with E-state index in [1.807, 2.05) is 13.8 Å². The Balaban J connectivity index is 2.37. The molecule has 0 bridgehead atoms. The fourth-order valence-corrected chi connectivity index (χ4v) is 4.72. The molecule has 2 N–H and O–H groups in total. The predicted octanol–water partition coefficient (Wildman–Crippen LogP) is 2.15. The lowest BCUT2D eigenvalue weighted by Gasteiger charge is -2.35. The second kappa shape index (κ2) is 5.40. The van der Waals surface area contributed by atoms with Gasteiger partial charge in [-0.25, -0.2) is 8.42 Å². The molecule has 2 unspecified atom stereocenters. The molecule has 0 aliphatic carbocycles. The molecule has 0 amide bonds. The largest absolute Gasteiger partial charge is 0.328 e. The number of sulfonamides is 1. The van der Waals surface area contributed by atoms with Gasteiger partial charge in [0.1, 0.15) is 4.90 Å². The Morgan fingerprint density at radius 1 is 1.42 bits per heavy atom. The van der Waals surface area contributed by atoms with E-state index in [1.54, 1.807) is 18.2 Å². The summed E-state index contributed by atoms with van der Waals surface area (Å²) in [6.45, 7) is 4.22. The van der Waals surface area contributed by atoms with Crippen LogP contribution in [0.2, 0.25) is 5.02 Å². The maximum atomic E-state index is 12.6. The zero-order valence-electron chi connectivity index (χ0n) is 11.1. The minimum atomic E-state index is -3.54. The molecule has 0 spiro atoms. The Morgan fingerprint density at radius 2 is 2.11 bits per heavy atom. The summed E-state index contributed by atoms with van der Waals surface area (Å²) in [6, 6.07) is 5.00.